The number of benzene rings is 3. The summed E-state index contributed by atoms with van der Waals surface area (Å²) in [5.41, 5.74) is 2.44. The van der Waals surface area contributed by atoms with E-state index in [-0.39, 0.29) is 0 Å². The third-order valence-electron chi connectivity index (χ3n) is 6.91. The number of anilines is 1. The van der Waals surface area contributed by atoms with Gasteiger partial charge in [0.2, 0.25) is 0 Å². The minimum absolute atomic E-state index is 0.371. The third kappa shape index (κ3) is 4.79. The first kappa shape index (κ1) is 25.2. The summed E-state index contributed by atoms with van der Waals surface area (Å²) < 4.78 is 7.60. The molecule has 4 atom stereocenters. The van der Waals surface area contributed by atoms with Crippen molar-refractivity contribution in [1.29, 1.82) is 0 Å². The Labute approximate surface area is 228 Å². The monoisotopic (exact) mass is 544 g/mol. The van der Waals surface area contributed by atoms with Gasteiger partial charge in [0.1, 0.15) is 24.6 Å². The molecule has 39 heavy (non-hydrogen) atoms. The van der Waals surface area contributed by atoms with Crippen LogP contribution in [0.25, 0.3) is 21.9 Å². The number of nitrogens with zero attached hydrogens (tertiary/aromatic N) is 4. The molecule has 10 nitrogen and oxygen atoms in total. The quantitative estimate of drug-likeness (QED) is 0.245. The van der Waals surface area contributed by atoms with Gasteiger partial charge in [0.25, 0.3) is 5.91 Å². The lowest BCUT2D eigenvalue weighted by atomic mass is 10.0. The van der Waals surface area contributed by atoms with E-state index in [2.05, 4.69) is 49.9 Å². The Morgan fingerprint density at radius 3 is 2.64 bits per heavy atom. The second-order valence-electron chi connectivity index (χ2n) is 9.28. The van der Waals surface area contributed by atoms with E-state index in [9.17, 15) is 15.0 Å². The Morgan fingerprint density at radius 1 is 1.03 bits per heavy atom. The first-order chi connectivity index (χ1) is 19.0. The molecule has 5 aromatic rings. The number of ether oxygens (including phenoxy) is 1. The summed E-state index contributed by atoms with van der Waals surface area (Å²) in [6.45, 7) is 0.0930. The van der Waals surface area contributed by atoms with E-state index in [0.29, 0.717) is 34.1 Å². The molecule has 11 heteroatoms. The molecule has 0 spiro atoms. The van der Waals surface area contributed by atoms with Crippen LogP contribution in [0.1, 0.15) is 22.1 Å². The van der Waals surface area contributed by atoms with Crippen LogP contribution in [0.15, 0.2) is 79.4 Å². The van der Waals surface area contributed by atoms with Crippen molar-refractivity contribution in [2.24, 2.45) is 0 Å². The highest BCUT2D eigenvalue weighted by Crippen LogP contribution is 2.33. The average molecular weight is 545 g/mol. The van der Waals surface area contributed by atoms with Crippen LogP contribution in [-0.2, 0) is 11.3 Å². The summed E-state index contributed by atoms with van der Waals surface area (Å²) in [7, 11) is 0. The van der Waals surface area contributed by atoms with Crippen molar-refractivity contribution in [2.45, 2.75) is 31.0 Å². The van der Waals surface area contributed by atoms with Gasteiger partial charge in [0, 0.05) is 17.1 Å². The highest BCUT2D eigenvalue weighted by molar-refractivity contribution is 6.30. The zero-order chi connectivity index (χ0) is 26.9. The second kappa shape index (κ2) is 10.6. The van der Waals surface area contributed by atoms with Gasteiger partial charge in [0.15, 0.2) is 23.2 Å². The molecule has 1 fully saturated rings. The molecule has 198 valence electrons. The molecular weight excluding hydrogens is 520 g/mol. The van der Waals surface area contributed by atoms with Gasteiger partial charge in [-0.15, -0.1) is 0 Å². The van der Waals surface area contributed by atoms with Gasteiger partial charge < -0.3 is 25.6 Å². The van der Waals surface area contributed by atoms with E-state index >= 15 is 0 Å². The summed E-state index contributed by atoms with van der Waals surface area (Å²) in [4.78, 5) is 26.3. The molecule has 4 N–H and O–H groups in total. The molecule has 0 saturated carbocycles. The minimum Gasteiger partial charge on any atom is -0.394 e. The maximum atomic E-state index is 13.0. The predicted octanol–water partition coefficient (Wildman–Crippen LogP) is 3.29. The number of aliphatic hydroxyl groups is 2. The van der Waals surface area contributed by atoms with Crippen molar-refractivity contribution in [1.82, 2.24) is 24.8 Å². The van der Waals surface area contributed by atoms with E-state index < -0.39 is 37.0 Å². The zero-order valence-corrected chi connectivity index (χ0v) is 21.4. The number of rotatable bonds is 7. The molecule has 1 saturated heterocycles. The van der Waals surface area contributed by atoms with Crippen molar-refractivity contribution in [3.8, 4) is 0 Å². The number of hydrogen-bond donors (Lipinski definition) is 4. The van der Waals surface area contributed by atoms with E-state index in [1.165, 1.54) is 12.7 Å². The van der Waals surface area contributed by atoms with Gasteiger partial charge in [0.05, 0.1) is 12.9 Å². The smallest absolute Gasteiger partial charge is 0.251 e. The minimum atomic E-state index is -1.17. The molecule has 6 rings (SSSR count). The molecule has 0 unspecified atom stereocenters. The van der Waals surface area contributed by atoms with Crippen LogP contribution >= 0.6 is 11.6 Å². The second-order valence-corrected chi connectivity index (χ2v) is 9.72. The van der Waals surface area contributed by atoms with Gasteiger partial charge in [-0.25, -0.2) is 15.0 Å². The highest BCUT2D eigenvalue weighted by atomic mass is 35.5. The zero-order valence-electron chi connectivity index (χ0n) is 20.6. The largest absolute Gasteiger partial charge is 0.394 e. The van der Waals surface area contributed by atoms with E-state index in [0.717, 1.165) is 16.3 Å². The number of aliphatic hydroxyl groups excluding tert-OH is 2. The van der Waals surface area contributed by atoms with Crippen molar-refractivity contribution < 1.29 is 19.7 Å². The maximum absolute atomic E-state index is 13.0. The Bertz CT molecular complexity index is 1640. The Balaban J connectivity index is 1.28. The molecule has 0 radical (unpaired) electrons. The number of halogens is 1. The van der Waals surface area contributed by atoms with E-state index in [1.54, 1.807) is 28.8 Å². The van der Waals surface area contributed by atoms with E-state index in [1.807, 2.05) is 18.2 Å². The van der Waals surface area contributed by atoms with Crippen LogP contribution < -0.4 is 10.6 Å². The van der Waals surface area contributed by atoms with E-state index in [4.69, 9.17) is 16.3 Å². The summed E-state index contributed by atoms with van der Waals surface area (Å²) >= 11 is 5.94. The standard InChI is InChI=1S/C28H25ClN6O4/c29-19-10-8-17(9-11-19)27(38)34-22-24(37)21(13-36)39-28(22)35-15-33-23-25(31-14-32-26(23)35)30-12-18-6-3-5-16-4-1-2-7-20(16)18/h1-11,14-15,21-22,24,28,36-37H,12-13H2,(H,34,38)(H,30,31,32)/t21-,22-,24-,28-/m1/s1. The van der Waals surface area contributed by atoms with Crippen LogP contribution in [0.5, 0.6) is 0 Å². The molecular formula is C28H25ClN6O4. The molecule has 0 aliphatic carbocycles. The van der Waals surface area contributed by atoms with Crippen molar-refractivity contribution in [2.75, 3.05) is 11.9 Å². The molecule has 1 amide bonds. The van der Waals surface area contributed by atoms with Crippen LogP contribution in [0, 0.1) is 0 Å². The van der Waals surface area contributed by atoms with Crippen LogP contribution in [0.4, 0.5) is 5.82 Å². The number of fused-ring (bicyclic) bond motifs is 2. The van der Waals surface area contributed by atoms with Crippen molar-refractivity contribution >= 4 is 45.3 Å². The first-order valence-corrected chi connectivity index (χ1v) is 12.8. The van der Waals surface area contributed by atoms with Crippen LogP contribution in [0.3, 0.4) is 0 Å². The summed E-state index contributed by atoms with van der Waals surface area (Å²) in [6.07, 6.45) is -0.00381. The molecule has 1 aliphatic rings. The molecule has 0 bridgehead atoms. The van der Waals surface area contributed by atoms with Gasteiger partial charge in [-0.05, 0) is 40.6 Å². The summed E-state index contributed by atoms with van der Waals surface area (Å²) in [6, 6.07) is 19.8. The first-order valence-electron chi connectivity index (χ1n) is 12.4. The molecule has 1 aliphatic heterocycles. The summed E-state index contributed by atoms with van der Waals surface area (Å²) in [5.74, 6) is 0.116. The molecule has 3 heterocycles. The number of nitrogens with one attached hydrogen (secondary N) is 2. The molecule has 3 aromatic carbocycles. The Morgan fingerprint density at radius 2 is 1.82 bits per heavy atom. The fraction of sp³-hybridized carbons (Fsp3) is 0.214. The lowest BCUT2D eigenvalue weighted by Gasteiger charge is -2.23. The molecule has 2 aromatic heterocycles. The van der Waals surface area contributed by atoms with Gasteiger partial charge in [-0.3, -0.25) is 9.36 Å². The number of carbonyl (C=O) groups excluding carboxylic acids is 1. The van der Waals surface area contributed by atoms with Gasteiger partial charge in [-0.2, -0.15) is 0 Å². The Kier molecular flexibility index (Phi) is 6.84. The third-order valence-corrected chi connectivity index (χ3v) is 7.17. The van der Waals surface area contributed by atoms with Gasteiger partial charge >= 0.3 is 0 Å². The lowest BCUT2D eigenvalue weighted by Crippen LogP contribution is -2.46. The number of carbonyl (C=O) groups is 1. The van der Waals surface area contributed by atoms with Gasteiger partial charge in [-0.1, -0.05) is 54.1 Å². The van der Waals surface area contributed by atoms with Crippen LogP contribution in [0.2, 0.25) is 5.02 Å². The average Bonchev–Trinajstić information content (AvgIpc) is 3.53. The fourth-order valence-electron chi connectivity index (χ4n) is 4.92. The van der Waals surface area contributed by atoms with Crippen molar-refractivity contribution in [3.63, 3.8) is 0 Å². The normalized spacial score (nSPS) is 20.9. The fourth-order valence-corrected chi connectivity index (χ4v) is 5.05. The van der Waals surface area contributed by atoms with Crippen LogP contribution in [-0.4, -0.2) is 60.5 Å². The van der Waals surface area contributed by atoms with Crippen molar-refractivity contribution in [3.05, 3.63) is 95.5 Å². The topological polar surface area (TPSA) is 134 Å². The number of imidazole rings is 1. The highest BCUT2D eigenvalue weighted by Gasteiger charge is 2.46. The predicted molar refractivity (Wildman–Crippen MR) is 146 cm³/mol. The number of hydrogen-bond acceptors (Lipinski definition) is 8. The summed E-state index contributed by atoms with van der Waals surface area (Å²) in [5, 5.41) is 29.7. The lowest BCUT2D eigenvalue weighted by molar-refractivity contribution is -0.0440. The number of amides is 1. The maximum Gasteiger partial charge on any atom is 0.251 e. The Hall–Kier alpha value is -4.09. The SMILES string of the molecule is O=C(N[C@@H]1[C@H](O)[C@@H](CO)O[C@H]1n1cnc2c(NCc3cccc4ccccc34)ncnc21)c1ccc(Cl)cc1. The number of aromatic nitrogens is 4.